The Labute approximate surface area is 152 Å². The van der Waals surface area contributed by atoms with Crippen LogP contribution in [0.25, 0.3) is 0 Å². The average Bonchev–Trinajstić information content (AvgIpc) is 2.68. The van der Waals surface area contributed by atoms with Crippen molar-refractivity contribution in [1.82, 2.24) is 0 Å². The van der Waals surface area contributed by atoms with Crippen LogP contribution in [-0.2, 0) is 9.47 Å². The summed E-state index contributed by atoms with van der Waals surface area (Å²) in [5.41, 5.74) is 2.35. The molecule has 4 nitrogen and oxygen atoms in total. The molecule has 0 unspecified atom stereocenters. The number of esters is 2. The van der Waals surface area contributed by atoms with Crippen molar-refractivity contribution in [2.24, 2.45) is 0 Å². The molecule has 26 heavy (non-hydrogen) atoms. The van der Waals surface area contributed by atoms with Crippen LogP contribution < -0.4 is 0 Å². The van der Waals surface area contributed by atoms with E-state index in [0.29, 0.717) is 16.7 Å². The van der Waals surface area contributed by atoms with Crippen molar-refractivity contribution in [3.05, 3.63) is 107 Å². The number of hydrogen-bond acceptors (Lipinski definition) is 4. The maximum atomic E-state index is 12.4. The molecule has 0 aliphatic heterocycles. The van der Waals surface area contributed by atoms with Crippen molar-refractivity contribution in [2.45, 2.75) is 13.2 Å². The molecule has 0 aliphatic rings. The van der Waals surface area contributed by atoms with E-state index < -0.39 is 18.2 Å². The first kappa shape index (κ1) is 17.4. The molecule has 0 fully saturated rings. The fourth-order valence-electron chi connectivity index (χ4n) is 2.46. The van der Waals surface area contributed by atoms with Gasteiger partial charge in [0.15, 0.2) is 0 Å². The lowest BCUT2D eigenvalue weighted by atomic mass is 10.1. The number of rotatable bonds is 5. The minimum atomic E-state index is -1.13. The number of hydrogen-bond donors (Lipinski definition) is 0. The van der Waals surface area contributed by atoms with E-state index in [1.807, 2.05) is 37.3 Å². The zero-order valence-electron chi connectivity index (χ0n) is 14.3. The van der Waals surface area contributed by atoms with Crippen LogP contribution in [0.15, 0.2) is 84.9 Å². The van der Waals surface area contributed by atoms with E-state index in [4.69, 9.17) is 9.47 Å². The van der Waals surface area contributed by atoms with E-state index in [1.165, 1.54) is 0 Å². The SMILES string of the molecule is Cc1cccc(C(OC(=O)c2ccccc2)OC(=O)c2ccccc2)c1. The molecule has 0 heterocycles. The highest BCUT2D eigenvalue weighted by molar-refractivity contribution is 5.91. The molecule has 0 saturated heterocycles. The highest BCUT2D eigenvalue weighted by Gasteiger charge is 2.23. The smallest absolute Gasteiger partial charge is 0.341 e. The summed E-state index contributed by atoms with van der Waals surface area (Å²) in [5.74, 6) is -1.11. The predicted molar refractivity (Wildman–Crippen MR) is 97.6 cm³/mol. The number of aryl methyl sites for hydroxylation is 1. The summed E-state index contributed by atoms with van der Waals surface area (Å²) in [5, 5.41) is 0. The third kappa shape index (κ3) is 4.36. The van der Waals surface area contributed by atoms with Gasteiger partial charge < -0.3 is 9.47 Å². The number of carbonyl (C=O) groups excluding carboxylic acids is 2. The van der Waals surface area contributed by atoms with Crippen LogP contribution in [0.1, 0.15) is 38.1 Å². The lowest BCUT2D eigenvalue weighted by molar-refractivity contribution is -0.0823. The van der Waals surface area contributed by atoms with Crippen molar-refractivity contribution in [2.75, 3.05) is 0 Å². The van der Waals surface area contributed by atoms with Crippen LogP contribution >= 0.6 is 0 Å². The van der Waals surface area contributed by atoms with E-state index in [-0.39, 0.29) is 0 Å². The van der Waals surface area contributed by atoms with Crippen LogP contribution in [0.3, 0.4) is 0 Å². The van der Waals surface area contributed by atoms with Gasteiger partial charge in [0, 0.05) is 5.56 Å². The molecule has 0 atom stereocenters. The summed E-state index contributed by atoms with van der Waals surface area (Å²) < 4.78 is 11.0. The first-order chi connectivity index (χ1) is 12.6. The van der Waals surface area contributed by atoms with E-state index in [1.54, 1.807) is 54.6 Å². The number of carbonyl (C=O) groups is 2. The average molecular weight is 346 g/mol. The first-order valence-corrected chi connectivity index (χ1v) is 8.22. The minimum absolute atomic E-state index is 0.390. The van der Waals surface area contributed by atoms with Gasteiger partial charge in [0.25, 0.3) is 6.29 Å². The molecule has 130 valence electrons. The van der Waals surface area contributed by atoms with Crippen LogP contribution in [0.4, 0.5) is 0 Å². The molecule has 0 saturated carbocycles. The summed E-state index contributed by atoms with van der Waals surface area (Å²) in [7, 11) is 0. The van der Waals surface area contributed by atoms with Crippen molar-refractivity contribution >= 4 is 11.9 Å². The largest absolute Gasteiger partial charge is 0.417 e. The van der Waals surface area contributed by atoms with Gasteiger partial charge >= 0.3 is 11.9 Å². The molecule has 0 N–H and O–H groups in total. The number of benzene rings is 3. The second kappa shape index (κ2) is 8.12. The summed E-state index contributed by atoms with van der Waals surface area (Å²) in [6, 6.07) is 24.5. The first-order valence-electron chi connectivity index (χ1n) is 8.22. The molecule has 0 radical (unpaired) electrons. The van der Waals surface area contributed by atoms with Crippen LogP contribution in [0, 0.1) is 6.92 Å². The van der Waals surface area contributed by atoms with Gasteiger partial charge in [0.05, 0.1) is 11.1 Å². The topological polar surface area (TPSA) is 52.6 Å². The van der Waals surface area contributed by atoms with Gasteiger partial charge in [-0.2, -0.15) is 0 Å². The molecule has 3 aromatic carbocycles. The molecule has 0 aliphatic carbocycles. The maximum absolute atomic E-state index is 12.4. The zero-order chi connectivity index (χ0) is 18.4. The summed E-state index contributed by atoms with van der Waals surface area (Å²) in [6.07, 6.45) is -1.13. The molecule has 0 amide bonds. The lowest BCUT2D eigenvalue weighted by Gasteiger charge is -2.19. The fraction of sp³-hybridized carbons (Fsp3) is 0.0909. The van der Waals surface area contributed by atoms with Gasteiger partial charge in [-0.05, 0) is 37.3 Å². The quantitative estimate of drug-likeness (QED) is 0.496. The Morgan fingerprint density at radius 1 is 0.692 bits per heavy atom. The Bertz CT molecular complexity index is 835. The third-order valence-corrected chi connectivity index (χ3v) is 3.76. The van der Waals surface area contributed by atoms with E-state index in [9.17, 15) is 9.59 Å². The standard InChI is InChI=1S/C22H18O4/c1-16-9-8-14-19(15-16)22(25-20(23)17-10-4-2-5-11-17)26-21(24)18-12-6-3-7-13-18/h2-15,22H,1H3. The van der Waals surface area contributed by atoms with Crippen LogP contribution in [0.5, 0.6) is 0 Å². The van der Waals surface area contributed by atoms with Crippen molar-refractivity contribution in [3.63, 3.8) is 0 Å². The minimum Gasteiger partial charge on any atom is -0.417 e. The normalized spacial score (nSPS) is 10.4. The van der Waals surface area contributed by atoms with Gasteiger partial charge in [0.1, 0.15) is 0 Å². The third-order valence-electron chi connectivity index (χ3n) is 3.76. The molecule has 0 bridgehead atoms. The second-order valence-corrected chi connectivity index (χ2v) is 5.79. The molecule has 4 heteroatoms. The fourth-order valence-corrected chi connectivity index (χ4v) is 2.46. The van der Waals surface area contributed by atoms with Gasteiger partial charge in [-0.1, -0.05) is 60.2 Å². The molecular formula is C22H18O4. The van der Waals surface area contributed by atoms with Gasteiger partial charge in [-0.3, -0.25) is 0 Å². The van der Waals surface area contributed by atoms with Crippen LogP contribution in [-0.4, -0.2) is 11.9 Å². The summed E-state index contributed by atoms with van der Waals surface area (Å²) in [6.45, 7) is 1.92. The Morgan fingerprint density at radius 2 is 1.19 bits per heavy atom. The van der Waals surface area contributed by atoms with Crippen molar-refractivity contribution < 1.29 is 19.1 Å². The molecule has 3 rings (SSSR count). The molecular weight excluding hydrogens is 328 g/mol. The zero-order valence-corrected chi connectivity index (χ0v) is 14.3. The van der Waals surface area contributed by atoms with Crippen molar-refractivity contribution in [1.29, 1.82) is 0 Å². The van der Waals surface area contributed by atoms with Gasteiger partial charge in [-0.25, -0.2) is 9.59 Å². The van der Waals surface area contributed by atoms with Gasteiger partial charge in [0.2, 0.25) is 0 Å². The Morgan fingerprint density at radius 3 is 1.65 bits per heavy atom. The Kier molecular flexibility index (Phi) is 5.44. The molecule has 3 aromatic rings. The summed E-state index contributed by atoms with van der Waals surface area (Å²) >= 11 is 0. The molecule has 0 aromatic heterocycles. The van der Waals surface area contributed by atoms with E-state index in [0.717, 1.165) is 5.56 Å². The van der Waals surface area contributed by atoms with Crippen molar-refractivity contribution in [3.8, 4) is 0 Å². The second-order valence-electron chi connectivity index (χ2n) is 5.79. The highest BCUT2D eigenvalue weighted by Crippen LogP contribution is 2.23. The molecule has 0 spiro atoms. The lowest BCUT2D eigenvalue weighted by Crippen LogP contribution is -2.18. The Hall–Kier alpha value is -3.40. The predicted octanol–water partition coefficient (Wildman–Crippen LogP) is 4.71. The van der Waals surface area contributed by atoms with Crippen LogP contribution in [0.2, 0.25) is 0 Å². The van der Waals surface area contributed by atoms with Gasteiger partial charge in [-0.15, -0.1) is 0 Å². The van der Waals surface area contributed by atoms with E-state index in [2.05, 4.69) is 0 Å². The monoisotopic (exact) mass is 346 g/mol. The van der Waals surface area contributed by atoms with E-state index >= 15 is 0 Å². The highest BCUT2D eigenvalue weighted by atomic mass is 16.7. The summed E-state index contributed by atoms with van der Waals surface area (Å²) in [4.78, 5) is 24.8. The Balaban J connectivity index is 1.84. The maximum Gasteiger partial charge on any atom is 0.341 e. The number of ether oxygens (including phenoxy) is 2.